The summed E-state index contributed by atoms with van der Waals surface area (Å²) in [5.74, 6) is 2.71. The molecule has 1 aliphatic rings. The standard InChI is InChI=1S/C20H29N9S.HI/c1-21-19(23-14-18-26-24-16-10-5-6-13-28(16)18)22-12-7-11-17-25-27-20(30-2)29(17)15-8-3-4-9-15;/h5-6,10,13,15H,3-4,7-9,11-12,14H2,1-2H3,(H2,21,22,23);1H. The Labute approximate surface area is 203 Å². The number of pyridine rings is 1. The Bertz CT molecular complexity index is 994. The van der Waals surface area contributed by atoms with Gasteiger partial charge in [0.2, 0.25) is 0 Å². The predicted molar refractivity (Wildman–Crippen MR) is 134 cm³/mol. The molecule has 9 nitrogen and oxygen atoms in total. The molecule has 0 bridgehead atoms. The van der Waals surface area contributed by atoms with Crippen molar-refractivity contribution in [3.63, 3.8) is 0 Å². The third-order valence-electron chi connectivity index (χ3n) is 5.50. The van der Waals surface area contributed by atoms with E-state index < -0.39 is 0 Å². The van der Waals surface area contributed by atoms with Gasteiger partial charge in [-0.15, -0.1) is 44.4 Å². The van der Waals surface area contributed by atoms with E-state index in [2.05, 4.69) is 46.8 Å². The molecule has 168 valence electrons. The first kappa shape index (κ1) is 23.8. The van der Waals surface area contributed by atoms with Crippen LogP contribution < -0.4 is 10.6 Å². The zero-order valence-corrected chi connectivity index (χ0v) is 21.1. The number of halogens is 1. The Morgan fingerprint density at radius 3 is 2.71 bits per heavy atom. The largest absolute Gasteiger partial charge is 0.356 e. The number of aromatic nitrogens is 6. The quantitative estimate of drug-likeness (QED) is 0.145. The van der Waals surface area contributed by atoms with Crippen LogP contribution in [0.4, 0.5) is 0 Å². The minimum Gasteiger partial charge on any atom is -0.356 e. The number of aliphatic imine (C=N–C) groups is 1. The molecule has 3 aromatic heterocycles. The van der Waals surface area contributed by atoms with Crippen molar-refractivity contribution in [1.82, 2.24) is 40.0 Å². The van der Waals surface area contributed by atoms with Gasteiger partial charge < -0.3 is 15.2 Å². The second-order valence-corrected chi connectivity index (χ2v) is 8.19. The van der Waals surface area contributed by atoms with Crippen molar-refractivity contribution < 1.29 is 0 Å². The topological polar surface area (TPSA) is 97.3 Å². The maximum atomic E-state index is 4.47. The third kappa shape index (κ3) is 5.68. The van der Waals surface area contributed by atoms with Crippen LogP contribution in [0.5, 0.6) is 0 Å². The molecular formula is C20H30IN9S. The normalized spacial score (nSPS) is 14.7. The second-order valence-electron chi connectivity index (χ2n) is 7.41. The van der Waals surface area contributed by atoms with Crippen LogP contribution in [0.3, 0.4) is 0 Å². The molecule has 0 spiro atoms. The minimum absolute atomic E-state index is 0. The van der Waals surface area contributed by atoms with Gasteiger partial charge in [-0.3, -0.25) is 9.39 Å². The van der Waals surface area contributed by atoms with E-state index in [-0.39, 0.29) is 24.0 Å². The number of rotatable bonds is 8. The summed E-state index contributed by atoms with van der Waals surface area (Å²) in [6, 6.07) is 6.44. The van der Waals surface area contributed by atoms with Crippen LogP contribution in [0, 0.1) is 0 Å². The fraction of sp³-hybridized carbons (Fsp3) is 0.550. The molecule has 0 radical (unpaired) electrons. The van der Waals surface area contributed by atoms with E-state index in [9.17, 15) is 0 Å². The van der Waals surface area contributed by atoms with Gasteiger partial charge in [0.15, 0.2) is 22.6 Å². The Balaban J connectivity index is 0.00000272. The lowest BCUT2D eigenvalue weighted by Crippen LogP contribution is -2.37. The molecule has 0 aromatic carbocycles. The van der Waals surface area contributed by atoms with Gasteiger partial charge in [-0.1, -0.05) is 30.7 Å². The van der Waals surface area contributed by atoms with Crippen LogP contribution in [-0.4, -0.2) is 55.2 Å². The lowest BCUT2D eigenvalue weighted by atomic mass is 10.2. The summed E-state index contributed by atoms with van der Waals surface area (Å²) >= 11 is 1.69. The van der Waals surface area contributed by atoms with E-state index in [1.54, 1.807) is 18.8 Å². The fourth-order valence-corrected chi connectivity index (χ4v) is 4.57. The summed E-state index contributed by atoms with van der Waals surface area (Å²) in [7, 11) is 1.78. The van der Waals surface area contributed by atoms with Gasteiger partial charge in [0, 0.05) is 32.3 Å². The summed E-state index contributed by atoms with van der Waals surface area (Å²) < 4.78 is 4.35. The average Bonchev–Trinajstić information content (AvgIpc) is 3.52. The molecule has 0 aliphatic heterocycles. The maximum Gasteiger partial charge on any atom is 0.191 e. The molecule has 0 amide bonds. The lowest BCUT2D eigenvalue weighted by molar-refractivity contribution is 0.460. The predicted octanol–water partition coefficient (Wildman–Crippen LogP) is 3.07. The number of nitrogens with zero attached hydrogens (tertiary/aromatic N) is 7. The number of hydrogen-bond donors (Lipinski definition) is 2. The van der Waals surface area contributed by atoms with Crippen LogP contribution in [-0.2, 0) is 13.0 Å². The average molecular weight is 555 g/mol. The van der Waals surface area contributed by atoms with E-state index >= 15 is 0 Å². The minimum atomic E-state index is 0. The van der Waals surface area contributed by atoms with Crippen LogP contribution in [0.25, 0.3) is 5.65 Å². The van der Waals surface area contributed by atoms with Crippen molar-refractivity contribution in [2.45, 2.75) is 56.3 Å². The Hall–Kier alpha value is -1.89. The van der Waals surface area contributed by atoms with Crippen LogP contribution in [0.1, 0.15) is 49.8 Å². The van der Waals surface area contributed by atoms with Crippen LogP contribution >= 0.6 is 35.7 Å². The zero-order valence-electron chi connectivity index (χ0n) is 18.0. The molecule has 2 N–H and O–H groups in total. The van der Waals surface area contributed by atoms with Crippen molar-refractivity contribution in [2.24, 2.45) is 4.99 Å². The second kappa shape index (κ2) is 11.7. The van der Waals surface area contributed by atoms with Gasteiger partial charge in [0.25, 0.3) is 0 Å². The summed E-state index contributed by atoms with van der Waals surface area (Å²) in [5.41, 5.74) is 0.841. The number of nitrogens with one attached hydrogen (secondary N) is 2. The van der Waals surface area contributed by atoms with Gasteiger partial charge in [-0.2, -0.15) is 0 Å². The zero-order chi connectivity index (χ0) is 20.8. The Kier molecular flexibility index (Phi) is 8.93. The summed E-state index contributed by atoms with van der Waals surface area (Å²) in [4.78, 5) is 4.31. The van der Waals surface area contributed by atoms with Crippen molar-refractivity contribution in [3.8, 4) is 0 Å². The van der Waals surface area contributed by atoms with Gasteiger partial charge in [-0.05, 0) is 37.7 Å². The molecule has 31 heavy (non-hydrogen) atoms. The summed E-state index contributed by atoms with van der Waals surface area (Å²) in [6.07, 6.45) is 11.0. The van der Waals surface area contributed by atoms with E-state index in [0.717, 1.165) is 47.8 Å². The molecule has 0 unspecified atom stereocenters. The molecule has 1 saturated carbocycles. The first-order valence-electron chi connectivity index (χ1n) is 10.5. The molecule has 4 rings (SSSR count). The van der Waals surface area contributed by atoms with Gasteiger partial charge >= 0.3 is 0 Å². The number of hydrogen-bond acceptors (Lipinski definition) is 6. The molecule has 1 fully saturated rings. The van der Waals surface area contributed by atoms with Crippen LogP contribution in [0.15, 0.2) is 34.5 Å². The number of thioether (sulfide) groups is 1. The van der Waals surface area contributed by atoms with Crippen LogP contribution in [0.2, 0.25) is 0 Å². The van der Waals surface area contributed by atoms with Crippen molar-refractivity contribution in [3.05, 3.63) is 36.0 Å². The molecule has 3 heterocycles. The van der Waals surface area contributed by atoms with Crippen molar-refractivity contribution in [2.75, 3.05) is 19.8 Å². The summed E-state index contributed by atoms with van der Waals surface area (Å²) in [5, 5.41) is 25.0. The van der Waals surface area contributed by atoms with Crippen molar-refractivity contribution >= 4 is 47.3 Å². The smallest absolute Gasteiger partial charge is 0.191 e. The third-order valence-corrected chi connectivity index (χ3v) is 6.14. The first-order chi connectivity index (χ1) is 14.8. The highest BCUT2D eigenvalue weighted by molar-refractivity contribution is 14.0. The van der Waals surface area contributed by atoms with Gasteiger partial charge in [0.1, 0.15) is 5.82 Å². The first-order valence-corrected chi connectivity index (χ1v) is 11.7. The molecule has 0 saturated heterocycles. The molecule has 0 atom stereocenters. The monoisotopic (exact) mass is 555 g/mol. The molecular weight excluding hydrogens is 525 g/mol. The van der Waals surface area contributed by atoms with E-state index in [1.165, 1.54) is 25.7 Å². The summed E-state index contributed by atoms with van der Waals surface area (Å²) in [6.45, 7) is 1.37. The number of guanidine groups is 1. The SMILES string of the molecule is CN=C(NCCCc1nnc(SC)n1C1CCCC1)NCc1nnc2ccccn12.I. The van der Waals surface area contributed by atoms with Gasteiger partial charge in [-0.25, -0.2) is 0 Å². The van der Waals surface area contributed by atoms with E-state index in [4.69, 9.17) is 0 Å². The Morgan fingerprint density at radius 1 is 1.13 bits per heavy atom. The number of fused-ring (bicyclic) bond motifs is 1. The lowest BCUT2D eigenvalue weighted by Gasteiger charge is -2.16. The van der Waals surface area contributed by atoms with Crippen molar-refractivity contribution in [1.29, 1.82) is 0 Å². The highest BCUT2D eigenvalue weighted by atomic mass is 127. The molecule has 3 aromatic rings. The molecule has 1 aliphatic carbocycles. The van der Waals surface area contributed by atoms with E-state index in [0.29, 0.717) is 12.6 Å². The van der Waals surface area contributed by atoms with E-state index in [1.807, 2.05) is 28.8 Å². The Morgan fingerprint density at radius 2 is 1.94 bits per heavy atom. The fourth-order valence-electron chi connectivity index (χ4n) is 3.99. The highest BCUT2D eigenvalue weighted by Gasteiger charge is 2.23. The number of aryl methyl sites for hydroxylation is 1. The highest BCUT2D eigenvalue weighted by Crippen LogP contribution is 2.33. The molecule has 11 heteroatoms. The maximum absolute atomic E-state index is 4.47. The van der Waals surface area contributed by atoms with Gasteiger partial charge in [0.05, 0.1) is 6.54 Å².